The zero-order valence-electron chi connectivity index (χ0n) is 14.6. The lowest BCUT2D eigenvalue weighted by Gasteiger charge is -2.25. The van der Waals surface area contributed by atoms with Gasteiger partial charge in [0.2, 0.25) is 6.10 Å². The van der Waals surface area contributed by atoms with Crippen LogP contribution in [0.2, 0.25) is 0 Å². The number of fused-ring (bicyclic) bond motifs is 2. The summed E-state index contributed by atoms with van der Waals surface area (Å²) in [4.78, 5) is 40.8. The van der Waals surface area contributed by atoms with E-state index in [1.807, 2.05) is 0 Å². The highest BCUT2D eigenvalue weighted by Gasteiger charge is 2.27. The summed E-state index contributed by atoms with van der Waals surface area (Å²) < 4.78 is 12.2. The van der Waals surface area contributed by atoms with Gasteiger partial charge in [-0.1, -0.05) is 24.3 Å². The van der Waals surface area contributed by atoms with Crippen molar-refractivity contribution in [1.29, 1.82) is 0 Å². The molecule has 0 bridgehead atoms. The van der Waals surface area contributed by atoms with Gasteiger partial charge in [-0.15, -0.1) is 0 Å². The molecule has 1 unspecified atom stereocenters. The summed E-state index contributed by atoms with van der Waals surface area (Å²) in [6.07, 6.45) is 0.390. The van der Waals surface area contributed by atoms with Crippen molar-refractivity contribution in [2.75, 3.05) is 6.61 Å². The molecular formula is C19H16N4O5. The summed E-state index contributed by atoms with van der Waals surface area (Å²) in [6, 6.07) is 13.8. The Morgan fingerprint density at radius 1 is 1.07 bits per heavy atom. The molecule has 1 aliphatic rings. The third kappa shape index (κ3) is 3.50. The lowest BCUT2D eigenvalue weighted by Crippen LogP contribution is -2.51. The number of benzene rings is 2. The number of hydrogen-bond donors (Lipinski definition) is 2. The average molecular weight is 380 g/mol. The van der Waals surface area contributed by atoms with Crippen LogP contribution in [0.25, 0.3) is 10.9 Å². The summed E-state index contributed by atoms with van der Waals surface area (Å²) in [5, 5.41) is 0.410. The topological polar surface area (TPSA) is 112 Å². The summed E-state index contributed by atoms with van der Waals surface area (Å²) in [5.74, 6) is -0.135. The van der Waals surface area contributed by atoms with Gasteiger partial charge < -0.3 is 9.47 Å². The van der Waals surface area contributed by atoms with E-state index in [4.69, 9.17) is 9.47 Å². The highest BCUT2D eigenvalue weighted by atomic mass is 16.6. The van der Waals surface area contributed by atoms with Crippen LogP contribution >= 0.6 is 0 Å². The highest BCUT2D eigenvalue weighted by Crippen LogP contribution is 2.30. The molecule has 0 saturated carbocycles. The van der Waals surface area contributed by atoms with Crippen LogP contribution in [0.1, 0.15) is 0 Å². The molecule has 3 aromatic rings. The van der Waals surface area contributed by atoms with Crippen LogP contribution in [0, 0.1) is 0 Å². The third-order valence-corrected chi connectivity index (χ3v) is 4.17. The number of nitrogens with one attached hydrogen (secondary N) is 2. The van der Waals surface area contributed by atoms with Crippen molar-refractivity contribution in [3.63, 3.8) is 0 Å². The van der Waals surface area contributed by atoms with E-state index in [1.54, 1.807) is 48.5 Å². The molecule has 9 nitrogen and oxygen atoms in total. The van der Waals surface area contributed by atoms with Gasteiger partial charge in [0, 0.05) is 0 Å². The number of hydrazine groups is 1. The molecule has 2 aromatic carbocycles. The molecule has 0 aliphatic carbocycles. The van der Waals surface area contributed by atoms with Gasteiger partial charge in [-0.3, -0.25) is 29.8 Å². The van der Waals surface area contributed by atoms with Gasteiger partial charge in [0.1, 0.15) is 13.2 Å². The van der Waals surface area contributed by atoms with E-state index in [0.29, 0.717) is 22.4 Å². The quantitative estimate of drug-likeness (QED) is 0.636. The fourth-order valence-corrected chi connectivity index (χ4v) is 2.77. The first-order valence-corrected chi connectivity index (χ1v) is 8.53. The van der Waals surface area contributed by atoms with Crippen molar-refractivity contribution in [1.82, 2.24) is 20.4 Å². The second-order valence-corrected chi connectivity index (χ2v) is 6.10. The van der Waals surface area contributed by atoms with Crippen molar-refractivity contribution in [2.45, 2.75) is 12.6 Å². The molecule has 1 aromatic heterocycles. The molecular weight excluding hydrogens is 364 g/mol. The number of rotatable bonds is 3. The Labute approximate surface area is 158 Å². The Bertz CT molecular complexity index is 1110. The number of hydrogen-bond acceptors (Lipinski definition) is 6. The molecule has 2 amide bonds. The fourth-order valence-electron chi connectivity index (χ4n) is 2.77. The molecule has 1 aliphatic heterocycles. The molecule has 0 radical (unpaired) electrons. The molecule has 142 valence electrons. The normalized spacial score (nSPS) is 15.1. The van der Waals surface area contributed by atoms with Crippen LogP contribution in [-0.2, 0) is 16.1 Å². The number of amides is 2. The van der Waals surface area contributed by atoms with Crippen LogP contribution < -0.4 is 25.9 Å². The summed E-state index contributed by atoms with van der Waals surface area (Å²) >= 11 is 0. The second-order valence-electron chi connectivity index (χ2n) is 6.10. The van der Waals surface area contributed by atoms with Crippen molar-refractivity contribution in [3.8, 4) is 11.5 Å². The molecule has 2 heterocycles. The molecule has 28 heavy (non-hydrogen) atoms. The van der Waals surface area contributed by atoms with E-state index < -0.39 is 17.9 Å². The lowest BCUT2D eigenvalue weighted by atomic mass is 10.2. The highest BCUT2D eigenvalue weighted by molar-refractivity contribution is 5.85. The van der Waals surface area contributed by atoms with Crippen LogP contribution in [0.15, 0.2) is 59.7 Å². The van der Waals surface area contributed by atoms with Gasteiger partial charge in [0.25, 0.3) is 17.4 Å². The van der Waals surface area contributed by atoms with E-state index in [2.05, 4.69) is 15.8 Å². The van der Waals surface area contributed by atoms with Crippen LogP contribution in [0.4, 0.5) is 0 Å². The number of carbonyl (C=O) groups is 2. The maximum absolute atomic E-state index is 12.4. The number of para-hydroxylation sites is 3. The minimum absolute atomic E-state index is 0.0206. The van der Waals surface area contributed by atoms with E-state index >= 15 is 0 Å². The van der Waals surface area contributed by atoms with Crippen molar-refractivity contribution in [3.05, 3.63) is 65.2 Å². The first-order chi connectivity index (χ1) is 13.6. The molecule has 0 saturated heterocycles. The Balaban J connectivity index is 1.35. The molecule has 9 heteroatoms. The monoisotopic (exact) mass is 380 g/mol. The van der Waals surface area contributed by atoms with Crippen molar-refractivity contribution < 1.29 is 19.1 Å². The number of ether oxygens (including phenoxy) is 2. The van der Waals surface area contributed by atoms with Gasteiger partial charge in [0.05, 0.1) is 17.2 Å². The molecule has 2 N–H and O–H groups in total. The predicted octanol–water partition coefficient (Wildman–Crippen LogP) is 0.384. The van der Waals surface area contributed by atoms with E-state index in [0.717, 1.165) is 0 Å². The third-order valence-electron chi connectivity index (χ3n) is 4.17. The first kappa shape index (κ1) is 17.5. The van der Waals surface area contributed by atoms with Gasteiger partial charge in [-0.2, -0.15) is 0 Å². The minimum atomic E-state index is -0.903. The second kappa shape index (κ2) is 7.39. The molecule has 0 spiro atoms. The average Bonchev–Trinajstić information content (AvgIpc) is 2.74. The predicted molar refractivity (Wildman–Crippen MR) is 98.6 cm³/mol. The molecule has 4 rings (SSSR count). The van der Waals surface area contributed by atoms with Gasteiger partial charge in [0.15, 0.2) is 11.5 Å². The maximum Gasteiger partial charge on any atom is 0.283 e. The van der Waals surface area contributed by atoms with Crippen LogP contribution in [-0.4, -0.2) is 34.1 Å². The molecule has 0 fully saturated rings. The Morgan fingerprint density at radius 3 is 2.68 bits per heavy atom. The maximum atomic E-state index is 12.4. The van der Waals surface area contributed by atoms with Crippen molar-refractivity contribution in [2.24, 2.45) is 0 Å². The van der Waals surface area contributed by atoms with Crippen LogP contribution in [0.3, 0.4) is 0 Å². The first-order valence-electron chi connectivity index (χ1n) is 8.53. The summed E-state index contributed by atoms with van der Waals surface area (Å²) in [6.45, 7) is -0.269. The Hall–Kier alpha value is -3.88. The minimum Gasteiger partial charge on any atom is -0.485 e. The Kier molecular flexibility index (Phi) is 4.63. The van der Waals surface area contributed by atoms with Gasteiger partial charge in [-0.05, 0) is 24.3 Å². The smallest absolute Gasteiger partial charge is 0.283 e. The molecule has 1 atom stereocenters. The number of nitrogens with zero attached hydrogens (tertiary/aromatic N) is 2. The van der Waals surface area contributed by atoms with Crippen molar-refractivity contribution >= 4 is 22.7 Å². The zero-order valence-corrected chi connectivity index (χ0v) is 14.6. The Morgan fingerprint density at radius 2 is 1.82 bits per heavy atom. The SMILES string of the molecule is O=C(Cn1cnc2ccccc2c1=O)NNC(=O)C1COc2ccccc2O1. The fraction of sp³-hybridized carbons (Fsp3) is 0.158. The lowest BCUT2D eigenvalue weighted by molar-refractivity contribution is -0.135. The summed E-state index contributed by atoms with van der Waals surface area (Å²) in [7, 11) is 0. The van der Waals surface area contributed by atoms with Gasteiger partial charge >= 0.3 is 0 Å². The standard InChI is InChI=1S/C19H16N4O5/c24-17(9-23-11-20-13-6-2-1-5-12(13)19(23)26)21-22-18(25)16-10-27-14-7-3-4-8-15(14)28-16/h1-8,11,16H,9-10H2,(H,21,24)(H,22,25). The van der Waals surface area contributed by atoms with E-state index in [-0.39, 0.29) is 18.7 Å². The van der Waals surface area contributed by atoms with E-state index in [9.17, 15) is 14.4 Å². The zero-order chi connectivity index (χ0) is 19.5. The van der Waals surface area contributed by atoms with Gasteiger partial charge in [-0.25, -0.2) is 4.98 Å². The largest absolute Gasteiger partial charge is 0.485 e. The number of aromatic nitrogens is 2. The van der Waals surface area contributed by atoms with E-state index in [1.165, 1.54) is 10.9 Å². The summed E-state index contributed by atoms with van der Waals surface area (Å²) in [5.41, 5.74) is 4.75. The van der Waals surface area contributed by atoms with Crippen LogP contribution in [0.5, 0.6) is 11.5 Å². The number of carbonyl (C=O) groups excluding carboxylic acids is 2.